The van der Waals surface area contributed by atoms with Gasteiger partial charge in [0.2, 0.25) is 5.91 Å². The van der Waals surface area contributed by atoms with Crippen molar-refractivity contribution in [1.82, 2.24) is 9.97 Å². The monoisotopic (exact) mass is 306 g/mol. The molecule has 0 unspecified atom stereocenters. The third-order valence-corrected chi connectivity index (χ3v) is 3.03. The first-order valence-electron chi connectivity index (χ1n) is 5.69. The van der Waals surface area contributed by atoms with Crippen LogP contribution in [0.1, 0.15) is 27.8 Å². The molecule has 0 radical (unpaired) electrons. The lowest BCUT2D eigenvalue weighted by atomic mass is 10.2. The molecule has 0 fully saturated rings. The molecule has 0 saturated carbocycles. The number of rotatable bonds is 4. The Morgan fingerprint density at radius 1 is 1.29 bits per heavy atom. The van der Waals surface area contributed by atoms with Crippen LogP contribution in [0.3, 0.4) is 0 Å². The van der Waals surface area contributed by atoms with Crippen LogP contribution in [0.4, 0.5) is 10.9 Å². The molecule has 0 atom stereocenters. The van der Waals surface area contributed by atoms with Gasteiger partial charge in [-0.25, -0.2) is 14.8 Å². The largest absolute Gasteiger partial charge is 0.478 e. The Balaban J connectivity index is 2.10. The maximum absolute atomic E-state index is 11.9. The van der Waals surface area contributed by atoms with Crippen LogP contribution >= 0.6 is 11.3 Å². The molecule has 9 heteroatoms. The number of carbonyl (C=O) groups is 3. The Morgan fingerprint density at radius 2 is 2.05 bits per heavy atom. The maximum atomic E-state index is 11.9. The Bertz CT molecular complexity index is 713. The zero-order chi connectivity index (χ0) is 15.4. The molecule has 0 aromatic carbocycles. The van der Waals surface area contributed by atoms with Gasteiger partial charge in [0, 0.05) is 18.5 Å². The number of pyridine rings is 1. The van der Waals surface area contributed by atoms with Gasteiger partial charge in [0.25, 0.3) is 5.91 Å². The summed E-state index contributed by atoms with van der Waals surface area (Å²) in [7, 11) is 0. The van der Waals surface area contributed by atoms with Crippen molar-refractivity contribution in [3.63, 3.8) is 0 Å². The van der Waals surface area contributed by atoms with Crippen molar-refractivity contribution in [3.05, 3.63) is 35.0 Å². The highest BCUT2D eigenvalue weighted by Gasteiger charge is 2.13. The van der Waals surface area contributed by atoms with Gasteiger partial charge < -0.3 is 15.7 Å². The van der Waals surface area contributed by atoms with E-state index in [1.165, 1.54) is 30.6 Å². The van der Waals surface area contributed by atoms with E-state index in [1.807, 2.05) is 0 Å². The fourth-order valence-electron chi connectivity index (χ4n) is 1.40. The molecule has 2 aromatic heterocycles. The van der Waals surface area contributed by atoms with Crippen molar-refractivity contribution in [2.45, 2.75) is 6.92 Å². The van der Waals surface area contributed by atoms with Crippen molar-refractivity contribution >= 4 is 40.1 Å². The lowest BCUT2D eigenvalue weighted by molar-refractivity contribution is -0.114. The van der Waals surface area contributed by atoms with Crippen molar-refractivity contribution in [2.75, 3.05) is 10.6 Å². The molecule has 21 heavy (non-hydrogen) atoms. The first-order chi connectivity index (χ1) is 9.95. The van der Waals surface area contributed by atoms with Gasteiger partial charge in [-0.2, -0.15) is 0 Å². The number of thiazole rings is 1. The van der Waals surface area contributed by atoms with Crippen molar-refractivity contribution in [3.8, 4) is 0 Å². The minimum atomic E-state index is -1.12. The van der Waals surface area contributed by atoms with Crippen LogP contribution in [0.15, 0.2) is 23.7 Å². The van der Waals surface area contributed by atoms with Crippen LogP contribution < -0.4 is 10.6 Å². The topological polar surface area (TPSA) is 121 Å². The number of hydrogen-bond acceptors (Lipinski definition) is 6. The second-order valence-electron chi connectivity index (χ2n) is 3.91. The van der Waals surface area contributed by atoms with E-state index in [1.54, 1.807) is 0 Å². The lowest BCUT2D eigenvalue weighted by Gasteiger charge is -2.02. The van der Waals surface area contributed by atoms with Gasteiger partial charge in [0.15, 0.2) is 5.13 Å². The summed E-state index contributed by atoms with van der Waals surface area (Å²) in [6.45, 7) is 1.34. The van der Waals surface area contributed by atoms with Crippen molar-refractivity contribution < 1.29 is 19.5 Å². The minimum absolute atomic E-state index is 0.0116. The van der Waals surface area contributed by atoms with Gasteiger partial charge in [-0.3, -0.25) is 9.59 Å². The molecule has 3 N–H and O–H groups in total. The van der Waals surface area contributed by atoms with Gasteiger partial charge >= 0.3 is 5.97 Å². The molecule has 0 aliphatic carbocycles. The second-order valence-corrected chi connectivity index (χ2v) is 4.77. The van der Waals surface area contributed by atoms with E-state index < -0.39 is 11.9 Å². The predicted octanol–water partition coefficient (Wildman–Crippen LogP) is 1.45. The molecule has 108 valence electrons. The number of aromatic nitrogens is 2. The summed E-state index contributed by atoms with van der Waals surface area (Å²) in [4.78, 5) is 41.4. The molecular formula is C12H10N4O4S. The maximum Gasteiger partial charge on any atom is 0.335 e. The zero-order valence-electron chi connectivity index (χ0n) is 10.8. The standard InChI is InChI=1S/C12H10N4O4S/c1-6(17)14-12-15-8(5-21-12)10(18)16-9-4-7(11(19)20)2-3-13-9/h2-5H,1H3,(H,19,20)(H,13,16,18)(H,14,15,17). The molecular weight excluding hydrogens is 296 g/mol. The number of carboxylic acid groups (broad SMARTS) is 1. The second kappa shape index (κ2) is 6.09. The van der Waals surface area contributed by atoms with Crippen molar-refractivity contribution in [2.24, 2.45) is 0 Å². The Labute approximate surface area is 122 Å². The molecule has 0 spiro atoms. The van der Waals surface area contributed by atoms with Crippen LogP contribution in [0, 0.1) is 0 Å². The predicted molar refractivity (Wildman–Crippen MR) is 75.6 cm³/mol. The summed E-state index contributed by atoms with van der Waals surface area (Å²) >= 11 is 1.11. The molecule has 0 saturated heterocycles. The first kappa shape index (κ1) is 14.6. The number of amides is 2. The SMILES string of the molecule is CC(=O)Nc1nc(C(=O)Nc2cc(C(=O)O)ccn2)cs1. The highest BCUT2D eigenvalue weighted by Crippen LogP contribution is 2.16. The first-order valence-corrected chi connectivity index (χ1v) is 6.57. The van der Waals surface area contributed by atoms with E-state index in [0.717, 1.165) is 11.3 Å². The molecule has 8 nitrogen and oxygen atoms in total. The summed E-state index contributed by atoms with van der Waals surface area (Å²) in [5, 5.41) is 15.5. The molecule has 0 aliphatic rings. The summed E-state index contributed by atoms with van der Waals surface area (Å²) in [6, 6.07) is 2.55. The van der Waals surface area contributed by atoms with Gasteiger partial charge in [-0.15, -0.1) is 11.3 Å². The average molecular weight is 306 g/mol. The molecule has 0 bridgehead atoms. The smallest absolute Gasteiger partial charge is 0.335 e. The summed E-state index contributed by atoms with van der Waals surface area (Å²) in [6.07, 6.45) is 1.28. The van der Waals surface area contributed by atoms with E-state index in [2.05, 4.69) is 20.6 Å². The third kappa shape index (κ3) is 3.83. The van der Waals surface area contributed by atoms with Crippen LogP contribution in [0.25, 0.3) is 0 Å². The van der Waals surface area contributed by atoms with Crippen LogP contribution in [0.5, 0.6) is 0 Å². The number of nitrogens with zero attached hydrogens (tertiary/aromatic N) is 2. The normalized spacial score (nSPS) is 9.95. The van der Waals surface area contributed by atoms with Crippen molar-refractivity contribution in [1.29, 1.82) is 0 Å². The average Bonchev–Trinajstić information content (AvgIpc) is 2.86. The van der Waals surface area contributed by atoms with E-state index in [4.69, 9.17) is 5.11 Å². The third-order valence-electron chi connectivity index (χ3n) is 2.27. The summed E-state index contributed by atoms with van der Waals surface area (Å²) in [5.74, 6) is -1.84. The molecule has 2 amide bonds. The summed E-state index contributed by atoms with van der Waals surface area (Å²) < 4.78 is 0. The highest BCUT2D eigenvalue weighted by molar-refractivity contribution is 7.14. The van der Waals surface area contributed by atoms with Crippen LogP contribution in [-0.4, -0.2) is 32.9 Å². The summed E-state index contributed by atoms with van der Waals surface area (Å²) in [5.41, 5.74) is 0.115. The number of carbonyl (C=O) groups excluding carboxylic acids is 2. The fraction of sp³-hybridized carbons (Fsp3) is 0.0833. The van der Waals surface area contributed by atoms with Gasteiger partial charge in [-0.05, 0) is 12.1 Å². The van der Waals surface area contributed by atoms with Crippen LogP contribution in [0.2, 0.25) is 0 Å². The molecule has 2 aromatic rings. The molecule has 0 aliphatic heterocycles. The quantitative estimate of drug-likeness (QED) is 0.786. The van der Waals surface area contributed by atoms with Gasteiger partial charge in [0.1, 0.15) is 11.5 Å². The molecule has 2 heterocycles. The Morgan fingerprint density at radius 3 is 2.71 bits per heavy atom. The fourth-order valence-corrected chi connectivity index (χ4v) is 2.14. The minimum Gasteiger partial charge on any atom is -0.478 e. The van der Waals surface area contributed by atoms with Gasteiger partial charge in [0.05, 0.1) is 5.56 Å². The zero-order valence-corrected chi connectivity index (χ0v) is 11.6. The highest BCUT2D eigenvalue weighted by atomic mass is 32.1. The number of hydrogen-bond donors (Lipinski definition) is 3. The van der Waals surface area contributed by atoms with E-state index >= 15 is 0 Å². The Hall–Kier alpha value is -2.81. The van der Waals surface area contributed by atoms with Crippen LogP contribution in [-0.2, 0) is 4.79 Å². The Kier molecular flexibility index (Phi) is 4.24. The number of aromatic carboxylic acids is 1. The number of carboxylic acids is 1. The van der Waals surface area contributed by atoms with E-state index in [9.17, 15) is 14.4 Å². The van der Waals surface area contributed by atoms with E-state index in [0.29, 0.717) is 5.13 Å². The lowest BCUT2D eigenvalue weighted by Crippen LogP contribution is -2.14. The molecule has 2 rings (SSSR count). The number of anilines is 2. The van der Waals surface area contributed by atoms with E-state index in [-0.39, 0.29) is 23.0 Å². The number of nitrogens with one attached hydrogen (secondary N) is 2. The van der Waals surface area contributed by atoms with Gasteiger partial charge in [-0.1, -0.05) is 0 Å².